The van der Waals surface area contributed by atoms with Crippen molar-refractivity contribution < 1.29 is 4.74 Å². The van der Waals surface area contributed by atoms with Gasteiger partial charge in [-0.1, -0.05) is 35.0 Å². The quantitative estimate of drug-likeness (QED) is 0.723. The fraction of sp³-hybridized carbons (Fsp3) is 0.250. The van der Waals surface area contributed by atoms with Crippen LogP contribution in [0.1, 0.15) is 29.8 Å². The molecule has 112 valence electrons. The number of hydrogen-bond donors (Lipinski definition) is 0. The first-order valence-corrected chi connectivity index (χ1v) is 7.09. The molecule has 0 aliphatic carbocycles. The molecule has 0 fully saturated rings. The monoisotopic (exact) mass is 295 g/mol. The van der Waals surface area contributed by atoms with Gasteiger partial charge >= 0.3 is 6.01 Å². The topological polar surface area (TPSA) is 65.7 Å². The van der Waals surface area contributed by atoms with Crippen LogP contribution in [-0.4, -0.2) is 25.0 Å². The Morgan fingerprint density at radius 2 is 1.86 bits per heavy atom. The lowest BCUT2D eigenvalue weighted by molar-refractivity contribution is 0.276. The van der Waals surface area contributed by atoms with Gasteiger partial charge in [-0.2, -0.15) is 0 Å². The summed E-state index contributed by atoms with van der Waals surface area (Å²) in [5, 5.41) is 8.30. The Labute approximate surface area is 128 Å². The second-order valence-electron chi connectivity index (χ2n) is 5.10. The van der Waals surface area contributed by atoms with Gasteiger partial charge in [-0.3, -0.25) is 0 Å². The molecule has 3 aromatic rings. The Balaban J connectivity index is 1.66. The molecule has 0 aliphatic heterocycles. The van der Waals surface area contributed by atoms with E-state index >= 15 is 0 Å². The zero-order valence-electron chi connectivity index (χ0n) is 12.5. The predicted octanol–water partition coefficient (Wildman–Crippen LogP) is 2.56. The van der Waals surface area contributed by atoms with E-state index in [-0.39, 0.29) is 6.04 Å². The first-order valence-electron chi connectivity index (χ1n) is 7.09. The highest BCUT2D eigenvalue weighted by atomic mass is 16.5. The second kappa shape index (κ2) is 6.34. The minimum atomic E-state index is 0.120. The van der Waals surface area contributed by atoms with Gasteiger partial charge in [0.15, 0.2) is 0 Å². The molecule has 6 heteroatoms. The van der Waals surface area contributed by atoms with E-state index in [9.17, 15) is 0 Å². The molecule has 0 aliphatic rings. The molecule has 22 heavy (non-hydrogen) atoms. The highest BCUT2D eigenvalue weighted by Crippen LogP contribution is 2.17. The molecule has 2 aromatic heterocycles. The molecule has 0 saturated heterocycles. The average molecular weight is 295 g/mol. The fourth-order valence-electron chi connectivity index (χ4n) is 2.06. The van der Waals surface area contributed by atoms with E-state index in [1.54, 1.807) is 18.5 Å². The van der Waals surface area contributed by atoms with Gasteiger partial charge in [-0.15, -0.1) is 5.10 Å². The predicted molar refractivity (Wildman–Crippen MR) is 81.4 cm³/mol. The molecule has 3 rings (SSSR count). The maximum absolute atomic E-state index is 5.47. The van der Waals surface area contributed by atoms with Gasteiger partial charge < -0.3 is 4.74 Å². The van der Waals surface area contributed by atoms with Crippen molar-refractivity contribution in [2.45, 2.75) is 26.5 Å². The minimum Gasteiger partial charge on any atom is -0.457 e. The van der Waals surface area contributed by atoms with Gasteiger partial charge in [0.25, 0.3) is 0 Å². The summed E-state index contributed by atoms with van der Waals surface area (Å²) in [6.45, 7) is 4.46. The largest absolute Gasteiger partial charge is 0.457 e. The van der Waals surface area contributed by atoms with Crippen molar-refractivity contribution in [2.24, 2.45) is 0 Å². The molecule has 0 N–H and O–H groups in total. The minimum absolute atomic E-state index is 0.120. The van der Waals surface area contributed by atoms with Crippen LogP contribution < -0.4 is 4.74 Å². The van der Waals surface area contributed by atoms with Gasteiger partial charge in [0.1, 0.15) is 12.3 Å². The third kappa shape index (κ3) is 3.28. The summed E-state index contributed by atoms with van der Waals surface area (Å²) >= 11 is 0. The van der Waals surface area contributed by atoms with Gasteiger partial charge in [-0.25, -0.2) is 14.6 Å². The van der Waals surface area contributed by atoms with Crippen LogP contribution in [0.5, 0.6) is 6.01 Å². The molecular formula is C16H17N5O. The number of benzene rings is 1. The third-order valence-corrected chi connectivity index (χ3v) is 3.41. The van der Waals surface area contributed by atoms with E-state index in [1.807, 2.05) is 10.9 Å². The Hall–Kier alpha value is -2.76. The second-order valence-corrected chi connectivity index (χ2v) is 5.10. The van der Waals surface area contributed by atoms with Crippen molar-refractivity contribution >= 4 is 0 Å². The summed E-state index contributed by atoms with van der Waals surface area (Å²) in [4.78, 5) is 8.01. The normalized spacial score (nSPS) is 12.1. The lowest BCUT2D eigenvalue weighted by Gasteiger charge is -2.11. The third-order valence-electron chi connectivity index (χ3n) is 3.41. The highest BCUT2D eigenvalue weighted by molar-refractivity contribution is 5.24. The molecule has 1 aromatic carbocycles. The van der Waals surface area contributed by atoms with E-state index in [4.69, 9.17) is 4.74 Å². The van der Waals surface area contributed by atoms with Crippen molar-refractivity contribution in [2.75, 3.05) is 0 Å². The first-order chi connectivity index (χ1) is 10.7. The van der Waals surface area contributed by atoms with Crippen molar-refractivity contribution in [1.29, 1.82) is 0 Å². The van der Waals surface area contributed by atoms with E-state index in [1.165, 1.54) is 11.1 Å². The molecule has 0 amide bonds. The van der Waals surface area contributed by atoms with Crippen LogP contribution in [0.3, 0.4) is 0 Å². The van der Waals surface area contributed by atoms with Crippen LogP contribution in [0.25, 0.3) is 0 Å². The fourth-order valence-corrected chi connectivity index (χ4v) is 2.06. The Bertz CT molecular complexity index is 724. The molecule has 0 spiro atoms. The number of aryl methyl sites for hydroxylation is 1. The Morgan fingerprint density at radius 3 is 2.59 bits per heavy atom. The van der Waals surface area contributed by atoms with E-state index < -0.39 is 0 Å². The first kappa shape index (κ1) is 14.2. The summed E-state index contributed by atoms with van der Waals surface area (Å²) in [7, 11) is 0. The van der Waals surface area contributed by atoms with Crippen LogP contribution in [0, 0.1) is 6.92 Å². The number of hydrogen-bond acceptors (Lipinski definition) is 5. The number of rotatable bonds is 5. The SMILES string of the molecule is Cc1ccc([C@@H](C)n2cc(COc3ncccn3)nn2)cc1. The lowest BCUT2D eigenvalue weighted by Crippen LogP contribution is -2.07. The number of nitrogens with zero attached hydrogens (tertiary/aromatic N) is 5. The van der Waals surface area contributed by atoms with Crippen LogP contribution in [-0.2, 0) is 6.61 Å². The zero-order chi connectivity index (χ0) is 15.4. The maximum atomic E-state index is 5.47. The molecule has 1 atom stereocenters. The van der Waals surface area contributed by atoms with Gasteiger partial charge in [-0.05, 0) is 25.5 Å². The van der Waals surface area contributed by atoms with E-state index in [0.717, 1.165) is 5.69 Å². The average Bonchev–Trinajstić information content (AvgIpc) is 3.03. The summed E-state index contributed by atoms with van der Waals surface area (Å²) in [5.74, 6) is 0. The molecule has 0 bridgehead atoms. The molecule has 6 nitrogen and oxygen atoms in total. The summed E-state index contributed by atoms with van der Waals surface area (Å²) in [6, 6.07) is 10.6. The Morgan fingerprint density at radius 1 is 1.14 bits per heavy atom. The number of ether oxygens (including phenoxy) is 1. The van der Waals surface area contributed by atoms with Crippen molar-refractivity contribution in [1.82, 2.24) is 25.0 Å². The summed E-state index contributed by atoms with van der Waals surface area (Å²) < 4.78 is 7.30. The summed E-state index contributed by atoms with van der Waals surface area (Å²) in [6.07, 6.45) is 5.16. The van der Waals surface area contributed by atoms with Crippen LogP contribution in [0.4, 0.5) is 0 Å². The van der Waals surface area contributed by atoms with Crippen molar-refractivity contribution in [3.63, 3.8) is 0 Å². The van der Waals surface area contributed by atoms with E-state index in [2.05, 4.69) is 58.4 Å². The molecule has 0 saturated carbocycles. The van der Waals surface area contributed by atoms with E-state index in [0.29, 0.717) is 12.6 Å². The van der Waals surface area contributed by atoms with Crippen molar-refractivity contribution in [3.8, 4) is 6.01 Å². The molecule has 0 radical (unpaired) electrons. The summed E-state index contributed by atoms with van der Waals surface area (Å²) in [5.41, 5.74) is 3.17. The Kier molecular flexibility index (Phi) is 4.09. The zero-order valence-corrected chi connectivity index (χ0v) is 12.5. The molecule has 2 heterocycles. The number of aromatic nitrogens is 5. The van der Waals surface area contributed by atoms with Crippen LogP contribution >= 0.6 is 0 Å². The highest BCUT2D eigenvalue weighted by Gasteiger charge is 2.11. The van der Waals surface area contributed by atoms with Crippen LogP contribution in [0.2, 0.25) is 0 Å². The smallest absolute Gasteiger partial charge is 0.316 e. The van der Waals surface area contributed by atoms with Gasteiger partial charge in [0.05, 0.1) is 12.2 Å². The maximum Gasteiger partial charge on any atom is 0.316 e. The lowest BCUT2D eigenvalue weighted by atomic mass is 10.1. The van der Waals surface area contributed by atoms with Gasteiger partial charge in [0.2, 0.25) is 0 Å². The van der Waals surface area contributed by atoms with Crippen molar-refractivity contribution in [3.05, 3.63) is 65.7 Å². The standard InChI is InChI=1S/C16H17N5O/c1-12-4-6-14(7-5-12)13(2)21-10-15(19-20-21)11-22-16-17-8-3-9-18-16/h3-10,13H,11H2,1-2H3/t13-/m1/s1. The van der Waals surface area contributed by atoms with Crippen LogP contribution in [0.15, 0.2) is 48.9 Å². The molecular weight excluding hydrogens is 278 g/mol. The van der Waals surface area contributed by atoms with Gasteiger partial charge in [0, 0.05) is 12.4 Å². The molecule has 0 unspecified atom stereocenters.